The van der Waals surface area contributed by atoms with Crippen molar-refractivity contribution < 1.29 is 23.1 Å². The highest BCUT2D eigenvalue weighted by molar-refractivity contribution is 5.87. The summed E-state index contributed by atoms with van der Waals surface area (Å²) in [5.41, 5.74) is 3.92. The number of fused-ring (bicyclic) bond motifs is 1. The van der Waals surface area contributed by atoms with E-state index in [9.17, 15) is 9.18 Å². The molecular formula is C31H29FN2O4. The molecule has 0 fully saturated rings. The fourth-order valence-corrected chi connectivity index (χ4v) is 4.76. The Balaban J connectivity index is 1.56. The lowest BCUT2D eigenvalue weighted by atomic mass is 9.87. The second-order valence-corrected chi connectivity index (χ2v) is 9.11. The zero-order chi connectivity index (χ0) is 26.5. The van der Waals surface area contributed by atoms with Gasteiger partial charge in [0.1, 0.15) is 23.1 Å². The summed E-state index contributed by atoms with van der Waals surface area (Å²) in [6.07, 6.45) is 3.88. The number of rotatable bonds is 10. The minimum atomic E-state index is -0.282. The van der Waals surface area contributed by atoms with Crippen molar-refractivity contribution in [1.82, 2.24) is 9.88 Å². The lowest BCUT2D eigenvalue weighted by Crippen LogP contribution is -2.24. The van der Waals surface area contributed by atoms with Crippen LogP contribution in [0, 0.1) is 5.82 Å². The van der Waals surface area contributed by atoms with Crippen LogP contribution in [0.2, 0.25) is 0 Å². The van der Waals surface area contributed by atoms with E-state index >= 15 is 0 Å². The Bertz CT molecular complexity index is 1500. The summed E-state index contributed by atoms with van der Waals surface area (Å²) in [5.74, 6) is 1.33. The van der Waals surface area contributed by atoms with E-state index in [-0.39, 0.29) is 24.1 Å². The van der Waals surface area contributed by atoms with Crippen molar-refractivity contribution in [2.75, 3.05) is 14.2 Å². The number of ether oxygens (including phenoxy) is 2. The number of carbonyl (C=O) groups excluding carboxylic acids is 1. The van der Waals surface area contributed by atoms with Crippen LogP contribution >= 0.6 is 0 Å². The standard InChI is InChI=1S/C31H29FN2O4/c1-36-25-14-22(15-26(16-25)37-2)28(17-31(35)33-18-24-6-5-13-38-24)29-20-34(30-8-4-3-7-27(29)30)19-21-9-11-23(32)12-10-21/h3-16,20,28H,17-19H2,1-2H3,(H,33,35). The quantitative estimate of drug-likeness (QED) is 0.239. The van der Waals surface area contributed by atoms with Crippen molar-refractivity contribution in [3.8, 4) is 11.5 Å². The Morgan fingerprint density at radius 1 is 0.974 bits per heavy atom. The van der Waals surface area contributed by atoms with E-state index in [1.807, 2.05) is 36.4 Å². The number of methoxy groups -OCH3 is 2. The number of carbonyl (C=O) groups is 1. The van der Waals surface area contributed by atoms with Crippen molar-refractivity contribution in [2.45, 2.75) is 25.4 Å². The van der Waals surface area contributed by atoms with E-state index in [2.05, 4.69) is 28.2 Å². The topological polar surface area (TPSA) is 65.6 Å². The first-order valence-electron chi connectivity index (χ1n) is 12.4. The molecule has 2 aromatic heterocycles. The van der Waals surface area contributed by atoms with Crippen LogP contribution in [-0.4, -0.2) is 24.7 Å². The Morgan fingerprint density at radius 3 is 2.39 bits per heavy atom. The molecule has 0 radical (unpaired) electrons. The third kappa shape index (κ3) is 5.57. The van der Waals surface area contributed by atoms with Gasteiger partial charge < -0.3 is 23.8 Å². The van der Waals surface area contributed by atoms with E-state index in [1.54, 1.807) is 38.7 Å². The van der Waals surface area contributed by atoms with Crippen molar-refractivity contribution in [1.29, 1.82) is 0 Å². The number of furan rings is 1. The second-order valence-electron chi connectivity index (χ2n) is 9.11. The van der Waals surface area contributed by atoms with Crippen LogP contribution in [0.5, 0.6) is 11.5 Å². The molecule has 1 atom stereocenters. The molecule has 0 aliphatic rings. The second kappa shape index (κ2) is 11.3. The zero-order valence-electron chi connectivity index (χ0n) is 21.3. The van der Waals surface area contributed by atoms with Gasteiger partial charge in [-0.1, -0.05) is 30.3 Å². The van der Waals surface area contributed by atoms with E-state index in [1.165, 1.54) is 12.1 Å². The molecule has 1 unspecified atom stereocenters. The highest BCUT2D eigenvalue weighted by atomic mass is 19.1. The number of halogens is 1. The maximum absolute atomic E-state index is 13.5. The summed E-state index contributed by atoms with van der Waals surface area (Å²) in [7, 11) is 3.22. The van der Waals surface area contributed by atoms with Gasteiger partial charge in [-0.25, -0.2) is 4.39 Å². The molecule has 0 aliphatic carbocycles. The van der Waals surface area contributed by atoms with Crippen LogP contribution in [0.4, 0.5) is 4.39 Å². The van der Waals surface area contributed by atoms with E-state index < -0.39 is 0 Å². The number of hydrogen-bond donors (Lipinski definition) is 1. The van der Waals surface area contributed by atoms with Crippen LogP contribution in [0.25, 0.3) is 10.9 Å². The maximum Gasteiger partial charge on any atom is 0.221 e. The lowest BCUT2D eigenvalue weighted by molar-refractivity contribution is -0.121. The lowest BCUT2D eigenvalue weighted by Gasteiger charge is -2.19. The van der Waals surface area contributed by atoms with Gasteiger partial charge in [-0.05, 0) is 59.2 Å². The summed E-state index contributed by atoms with van der Waals surface area (Å²) in [5, 5.41) is 4.02. The van der Waals surface area contributed by atoms with Gasteiger partial charge in [-0.2, -0.15) is 0 Å². The fraction of sp³-hybridized carbons (Fsp3) is 0.194. The number of amides is 1. The number of hydrogen-bond acceptors (Lipinski definition) is 4. The van der Waals surface area contributed by atoms with Crippen LogP contribution in [0.3, 0.4) is 0 Å². The molecule has 0 bridgehead atoms. The van der Waals surface area contributed by atoms with Crippen LogP contribution in [0.15, 0.2) is 95.7 Å². The first-order chi connectivity index (χ1) is 18.5. The minimum Gasteiger partial charge on any atom is -0.497 e. The predicted octanol–water partition coefficient (Wildman–Crippen LogP) is 6.28. The van der Waals surface area contributed by atoms with E-state index in [4.69, 9.17) is 13.9 Å². The molecule has 1 amide bonds. The first kappa shape index (κ1) is 25.1. The maximum atomic E-state index is 13.5. The molecule has 3 aromatic carbocycles. The number of benzene rings is 3. The third-order valence-corrected chi connectivity index (χ3v) is 6.67. The van der Waals surface area contributed by atoms with Gasteiger partial charge in [-0.15, -0.1) is 0 Å². The molecule has 0 spiro atoms. The molecule has 1 N–H and O–H groups in total. The fourth-order valence-electron chi connectivity index (χ4n) is 4.76. The molecule has 194 valence electrons. The molecule has 5 rings (SSSR count). The SMILES string of the molecule is COc1cc(OC)cc(C(CC(=O)NCc2ccco2)c2cn(Cc3ccc(F)cc3)c3ccccc23)c1. The van der Waals surface area contributed by atoms with Crippen LogP contribution in [-0.2, 0) is 17.9 Å². The van der Waals surface area contributed by atoms with Crippen LogP contribution in [0.1, 0.15) is 34.8 Å². The Morgan fingerprint density at radius 2 is 1.71 bits per heavy atom. The summed E-state index contributed by atoms with van der Waals surface area (Å²) >= 11 is 0. The van der Waals surface area contributed by atoms with Crippen LogP contribution < -0.4 is 14.8 Å². The van der Waals surface area contributed by atoms with Gasteiger partial charge in [0, 0.05) is 42.0 Å². The number of aromatic nitrogens is 1. The van der Waals surface area contributed by atoms with Gasteiger partial charge in [0.15, 0.2) is 0 Å². The third-order valence-electron chi connectivity index (χ3n) is 6.67. The Kier molecular flexibility index (Phi) is 7.45. The molecule has 5 aromatic rings. The summed E-state index contributed by atoms with van der Waals surface area (Å²) in [6, 6.07) is 23.9. The summed E-state index contributed by atoms with van der Waals surface area (Å²) in [6.45, 7) is 0.881. The smallest absolute Gasteiger partial charge is 0.221 e. The zero-order valence-corrected chi connectivity index (χ0v) is 21.3. The number of nitrogens with one attached hydrogen (secondary N) is 1. The van der Waals surface area contributed by atoms with Gasteiger partial charge in [0.2, 0.25) is 5.91 Å². The molecular weight excluding hydrogens is 483 g/mol. The average molecular weight is 513 g/mol. The summed E-state index contributed by atoms with van der Waals surface area (Å²) in [4.78, 5) is 13.2. The molecule has 0 saturated carbocycles. The largest absolute Gasteiger partial charge is 0.497 e. The van der Waals surface area contributed by atoms with Crippen molar-refractivity contribution in [3.63, 3.8) is 0 Å². The predicted molar refractivity (Wildman–Crippen MR) is 144 cm³/mol. The number of nitrogens with zero attached hydrogens (tertiary/aromatic N) is 1. The number of para-hydroxylation sites is 1. The van der Waals surface area contributed by atoms with Gasteiger partial charge in [-0.3, -0.25) is 4.79 Å². The van der Waals surface area contributed by atoms with Crippen molar-refractivity contribution >= 4 is 16.8 Å². The first-order valence-corrected chi connectivity index (χ1v) is 12.4. The van der Waals surface area contributed by atoms with E-state index in [0.717, 1.165) is 27.6 Å². The highest BCUT2D eigenvalue weighted by Crippen LogP contribution is 2.38. The molecule has 6 nitrogen and oxygen atoms in total. The molecule has 0 saturated heterocycles. The molecule has 7 heteroatoms. The van der Waals surface area contributed by atoms with E-state index in [0.29, 0.717) is 30.3 Å². The normalized spacial score (nSPS) is 11.9. The summed E-state index contributed by atoms with van der Waals surface area (Å²) < 4.78 is 32.1. The molecule has 38 heavy (non-hydrogen) atoms. The molecule has 2 heterocycles. The van der Waals surface area contributed by atoms with Gasteiger partial charge in [0.25, 0.3) is 0 Å². The minimum absolute atomic E-state index is 0.108. The van der Waals surface area contributed by atoms with Crippen molar-refractivity contribution in [3.05, 3.63) is 120 Å². The average Bonchev–Trinajstić information content (AvgIpc) is 3.60. The Hall–Kier alpha value is -4.52. The van der Waals surface area contributed by atoms with Gasteiger partial charge >= 0.3 is 0 Å². The van der Waals surface area contributed by atoms with Gasteiger partial charge in [0.05, 0.1) is 27.0 Å². The Labute approximate surface area is 220 Å². The highest BCUT2D eigenvalue weighted by Gasteiger charge is 2.24. The van der Waals surface area contributed by atoms with Crippen molar-refractivity contribution in [2.24, 2.45) is 0 Å². The monoisotopic (exact) mass is 512 g/mol. The molecule has 0 aliphatic heterocycles.